The highest BCUT2D eigenvalue weighted by molar-refractivity contribution is 7.99. The molecule has 2 saturated heterocycles. The first-order chi connectivity index (χ1) is 20.2. The number of hydrogen-bond acceptors (Lipinski definition) is 10. The molecule has 0 saturated carbocycles. The maximum absolute atomic E-state index is 14.0. The first kappa shape index (κ1) is 25.9. The third-order valence-electron chi connectivity index (χ3n) is 7.29. The van der Waals surface area contributed by atoms with E-state index in [0.29, 0.717) is 17.4 Å². The standard InChI is InChI=1S/C28H29FN10OS/c29-24-3-1-2-4-26(24)41-23-14-31-28(32-15-23)37-8-6-36(7-9-37)27-25-11-20(17-39(25)35-19-33-27)21-12-34-38(16-21)18-22-13-30-5-10-40-22/h1-4,11-12,14-17,19,22,30H,5-10,13,18H2/t22-/m0/s1. The van der Waals surface area contributed by atoms with Crippen LogP contribution >= 0.6 is 11.8 Å². The van der Waals surface area contributed by atoms with Crippen LogP contribution in [0.4, 0.5) is 16.2 Å². The largest absolute Gasteiger partial charge is 0.374 e. The minimum absolute atomic E-state index is 0.127. The number of halogens is 1. The molecule has 11 nitrogen and oxygen atoms in total. The zero-order chi connectivity index (χ0) is 27.6. The third kappa shape index (κ3) is 5.60. The topological polar surface area (TPSA) is 102 Å². The molecule has 1 aromatic carbocycles. The van der Waals surface area contributed by atoms with Crippen LogP contribution in [0.25, 0.3) is 16.6 Å². The number of nitrogens with zero attached hydrogens (tertiary/aromatic N) is 9. The summed E-state index contributed by atoms with van der Waals surface area (Å²) in [7, 11) is 0. The van der Waals surface area contributed by atoms with E-state index in [1.54, 1.807) is 30.9 Å². The Kier molecular flexibility index (Phi) is 7.21. The normalized spacial score (nSPS) is 17.8. The molecule has 41 heavy (non-hydrogen) atoms. The van der Waals surface area contributed by atoms with Gasteiger partial charge in [0.1, 0.15) is 17.7 Å². The summed E-state index contributed by atoms with van der Waals surface area (Å²) in [5.74, 6) is 1.33. The summed E-state index contributed by atoms with van der Waals surface area (Å²) in [6.07, 6.45) is 11.2. The highest BCUT2D eigenvalue weighted by atomic mass is 32.2. The van der Waals surface area contributed by atoms with E-state index < -0.39 is 0 Å². The van der Waals surface area contributed by atoms with Gasteiger partial charge in [-0.05, 0) is 18.2 Å². The molecule has 0 aliphatic carbocycles. The van der Waals surface area contributed by atoms with E-state index in [-0.39, 0.29) is 11.9 Å². The van der Waals surface area contributed by atoms with E-state index in [0.717, 1.165) is 73.2 Å². The Balaban J connectivity index is 1.01. The van der Waals surface area contributed by atoms with E-state index in [1.165, 1.54) is 17.8 Å². The first-order valence-electron chi connectivity index (χ1n) is 13.6. The number of piperazine rings is 1. The summed E-state index contributed by atoms with van der Waals surface area (Å²) in [5.41, 5.74) is 3.03. The second-order valence-electron chi connectivity index (χ2n) is 10.0. The average molecular weight is 573 g/mol. The molecule has 7 rings (SSSR count). The van der Waals surface area contributed by atoms with Gasteiger partial charge in [0.2, 0.25) is 5.95 Å². The van der Waals surface area contributed by atoms with Gasteiger partial charge in [0, 0.05) is 85.0 Å². The lowest BCUT2D eigenvalue weighted by atomic mass is 10.2. The molecule has 0 unspecified atom stereocenters. The van der Waals surface area contributed by atoms with Crippen molar-refractivity contribution in [2.75, 3.05) is 55.7 Å². The van der Waals surface area contributed by atoms with Gasteiger partial charge in [-0.15, -0.1) is 0 Å². The van der Waals surface area contributed by atoms with Gasteiger partial charge in [-0.3, -0.25) is 4.68 Å². The summed E-state index contributed by atoms with van der Waals surface area (Å²) < 4.78 is 23.6. The smallest absolute Gasteiger partial charge is 0.225 e. The number of anilines is 2. The summed E-state index contributed by atoms with van der Waals surface area (Å²) in [4.78, 5) is 19.5. The van der Waals surface area contributed by atoms with Crippen molar-refractivity contribution in [3.8, 4) is 11.1 Å². The van der Waals surface area contributed by atoms with Crippen molar-refractivity contribution in [3.63, 3.8) is 0 Å². The van der Waals surface area contributed by atoms with Crippen molar-refractivity contribution in [1.82, 2.24) is 39.7 Å². The van der Waals surface area contributed by atoms with E-state index in [1.807, 2.05) is 27.7 Å². The number of morpholine rings is 1. The molecule has 0 spiro atoms. The SMILES string of the molecule is Fc1ccccc1Sc1cnc(N2CCN(c3ncnn4cc(-c5cnn(C[C@@H]6CNCCO6)c5)cc34)CC2)nc1. The first-order valence-corrected chi connectivity index (χ1v) is 14.4. The Hall–Kier alpha value is -4.07. The second-order valence-corrected chi connectivity index (χ2v) is 11.1. The van der Waals surface area contributed by atoms with Gasteiger partial charge in [0.15, 0.2) is 5.82 Å². The highest BCUT2D eigenvalue weighted by Gasteiger charge is 2.23. The van der Waals surface area contributed by atoms with Crippen molar-refractivity contribution in [2.24, 2.45) is 0 Å². The van der Waals surface area contributed by atoms with E-state index in [9.17, 15) is 4.39 Å². The van der Waals surface area contributed by atoms with Crippen LogP contribution in [0.3, 0.4) is 0 Å². The zero-order valence-corrected chi connectivity index (χ0v) is 23.1. The predicted molar refractivity (Wildman–Crippen MR) is 154 cm³/mol. The molecule has 4 aromatic heterocycles. The molecular weight excluding hydrogens is 543 g/mol. The molecule has 2 fully saturated rings. The van der Waals surface area contributed by atoms with Crippen molar-refractivity contribution in [3.05, 3.63) is 73.5 Å². The number of nitrogens with one attached hydrogen (secondary N) is 1. The number of hydrogen-bond donors (Lipinski definition) is 1. The Labute approximate surface area is 240 Å². The molecule has 2 aliphatic rings. The molecular formula is C28H29FN10OS. The van der Waals surface area contributed by atoms with Crippen molar-refractivity contribution >= 4 is 29.0 Å². The maximum atomic E-state index is 14.0. The molecule has 5 aromatic rings. The Morgan fingerprint density at radius 2 is 1.78 bits per heavy atom. The molecule has 210 valence electrons. The number of fused-ring (bicyclic) bond motifs is 1. The van der Waals surface area contributed by atoms with E-state index in [2.05, 4.69) is 52.5 Å². The molecule has 1 atom stereocenters. The second kappa shape index (κ2) is 11.4. The minimum atomic E-state index is -0.246. The number of rotatable bonds is 7. The monoisotopic (exact) mass is 572 g/mol. The van der Waals surface area contributed by atoms with Gasteiger partial charge in [0.05, 0.1) is 25.5 Å². The van der Waals surface area contributed by atoms with Gasteiger partial charge in [-0.1, -0.05) is 23.9 Å². The Bertz CT molecular complexity index is 1630. The Morgan fingerprint density at radius 1 is 0.951 bits per heavy atom. The summed E-state index contributed by atoms with van der Waals surface area (Å²) in [6.45, 7) is 6.24. The van der Waals surface area contributed by atoms with Crippen LogP contribution in [0.5, 0.6) is 0 Å². The molecule has 1 N–H and O–H groups in total. The number of benzene rings is 1. The molecule has 0 bridgehead atoms. The molecule has 13 heteroatoms. The molecule has 2 aliphatic heterocycles. The predicted octanol–water partition coefficient (Wildman–Crippen LogP) is 2.99. The molecule has 6 heterocycles. The lowest BCUT2D eigenvalue weighted by molar-refractivity contribution is 0.0161. The van der Waals surface area contributed by atoms with Gasteiger partial charge in [-0.2, -0.15) is 10.2 Å². The Morgan fingerprint density at radius 3 is 2.59 bits per heavy atom. The fourth-order valence-corrected chi connectivity index (χ4v) is 5.95. The van der Waals surface area contributed by atoms with Crippen molar-refractivity contribution in [1.29, 1.82) is 0 Å². The van der Waals surface area contributed by atoms with Crippen LogP contribution < -0.4 is 15.1 Å². The van der Waals surface area contributed by atoms with E-state index >= 15 is 0 Å². The highest BCUT2D eigenvalue weighted by Crippen LogP contribution is 2.30. The van der Waals surface area contributed by atoms with Crippen LogP contribution in [-0.4, -0.2) is 86.3 Å². The lowest BCUT2D eigenvalue weighted by Crippen LogP contribution is -2.47. The van der Waals surface area contributed by atoms with Gasteiger partial charge >= 0.3 is 0 Å². The van der Waals surface area contributed by atoms with Gasteiger partial charge in [-0.25, -0.2) is 23.9 Å². The van der Waals surface area contributed by atoms with Gasteiger partial charge < -0.3 is 19.9 Å². The molecule has 0 amide bonds. The average Bonchev–Trinajstić information content (AvgIpc) is 3.67. The van der Waals surface area contributed by atoms with Crippen molar-refractivity contribution in [2.45, 2.75) is 22.4 Å². The van der Waals surface area contributed by atoms with Crippen molar-refractivity contribution < 1.29 is 9.13 Å². The van der Waals surface area contributed by atoms with E-state index in [4.69, 9.17) is 4.74 Å². The molecule has 0 radical (unpaired) electrons. The van der Waals surface area contributed by atoms with Crippen LogP contribution in [0.15, 0.2) is 77.4 Å². The van der Waals surface area contributed by atoms with Crippen LogP contribution in [0.2, 0.25) is 0 Å². The van der Waals surface area contributed by atoms with Gasteiger partial charge in [0.25, 0.3) is 0 Å². The van der Waals surface area contributed by atoms with Crippen LogP contribution in [-0.2, 0) is 11.3 Å². The summed E-state index contributed by atoms with van der Waals surface area (Å²) in [6, 6.07) is 8.83. The van der Waals surface area contributed by atoms with Crippen LogP contribution in [0.1, 0.15) is 0 Å². The van der Waals surface area contributed by atoms with Crippen LogP contribution in [0, 0.1) is 5.82 Å². The third-order valence-corrected chi connectivity index (χ3v) is 8.29. The zero-order valence-electron chi connectivity index (χ0n) is 22.3. The number of aromatic nitrogens is 7. The number of ether oxygens (including phenoxy) is 1. The minimum Gasteiger partial charge on any atom is -0.374 e. The lowest BCUT2D eigenvalue weighted by Gasteiger charge is -2.35. The quantitative estimate of drug-likeness (QED) is 0.313. The summed E-state index contributed by atoms with van der Waals surface area (Å²) >= 11 is 1.32. The fourth-order valence-electron chi connectivity index (χ4n) is 5.17. The fraction of sp³-hybridized carbons (Fsp3) is 0.321. The maximum Gasteiger partial charge on any atom is 0.225 e. The summed E-state index contributed by atoms with van der Waals surface area (Å²) in [5, 5.41) is 12.4.